The van der Waals surface area contributed by atoms with Gasteiger partial charge in [-0.3, -0.25) is 34.6 Å². The number of amides is 3. The predicted octanol–water partition coefficient (Wildman–Crippen LogP) is 7.90. The number of hydrogen-bond donors (Lipinski definition) is 3. The summed E-state index contributed by atoms with van der Waals surface area (Å²) in [4.78, 5) is 71.9. The van der Waals surface area contributed by atoms with Crippen LogP contribution in [0, 0.1) is 6.92 Å². The molecule has 1 atom stereocenters. The highest BCUT2D eigenvalue weighted by atomic mass is 32.1. The first-order valence-corrected chi connectivity index (χ1v) is 26.1. The molecule has 3 fully saturated rings. The Morgan fingerprint density at radius 2 is 1.66 bits per heavy atom. The van der Waals surface area contributed by atoms with Crippen LogP contribution in [0.25, 0.3) is 32.2 Å². The molecule has 376 valence electrons. The van der Waals surface area contributed by atoms with Crippen molar-refractivity contribution in [2.45, 2.75) is 83.0 Å². The lowest BCUT2D eigenvalue weighted by atomic mass is 9.93. The maximum atomic E-state index is 13.7. The number of benzene rings is 3. The molecule has 17 nitrogen and oxygen atoms in total. The molecule has 1 aliphatic carbocycles. The number of anilines is 3. The minimum Gasteiger partial charge on any atom is -0.490 e. The second-order valence-electron chi connectivity index (χ2n) is 19.5. The third-order valence-corrected chi connectivity index (χ3v) is 15.9. The van der Waals surface area contributed by atoms with Gasteiger partial charge in [0, 0.05) is 88.6 Å². The van der Waals surface area contributed by atoms with Crippen molar-refractivity contribution in [1.29, 1.82) is 0 Å². The van der Waals surface area contributed by atoms with Crippen LogP contribution >= 0.6 is 11.3 Å². The SMILES string of the molecule is Cc1c(OC2CCC(OCCCN3CCN(c4nccc5c(C6CCC(=O)NC6=O)nn(C)c45)CC3)CC2)cccc1-c1ccc(N2CCc3cccc(C(=O)Nc4nc5ccccc5s4)c3C2)nc1C(=O)O. The first-order chi connectivity index (χ1) is 35.5. The average Bonchev–Trinajstić information content (AvgIpc) is 3.98. The third kappa shape index (κ3) is 9.98. The Morgan fingerprint density at radius 3 is 2.47 bits per heavy atom. The van der Waals surface area contributed by atoms with Gasteiger partial charge in [0.2, 0.25) is 11.8 Å². The van der Waals surface area contributed by atoms with E-state index in [9.17, 15) is 24.3 Å². The molecule has 2 saturated heterocycles. The molecule has 1 saturated carbocycles. The van der Waals surface area contributed by atoms with Crippen molar-refractivity contribution in [3.8, 4) is 16.9 Å². The second-order valence-corrected chi connectivity index (χ2v) is 20.5. The molecule has 0 bridgehead atoms. The van der Waals surface area contributed by atoms with Gasteiger partial charge < -0.3 is 24.4 Å². The van der Waals surface area contributed by atoms with Crippen molar-refractivity contribution in [1.82, 2.24) is 34.9 Å². The topological polar surface area (TPSA) is 197 Å². The molecule has 73 heavy (non-hydrogen) atoms. The zero-order valence-electron chi connectivity index (χ0n) is 41.0. The van der Waals surface area contributed by atoms with Crippen LogP contribution in [0.15, 0.2) is 85.1 Å². The highest BCUT2D eigenvalue weighted by molar-refractivity contribution is 7.22. The Bertz CT molecular complexity index is 3220. The number of carboxylic acids is 1. The molecule has 0 spiro atoms. The van der Waals surface area contributed by atoms with Gasteiger partial charge in [-0.2, -0.15) is 5.10 Å². The van der Waals surface area contributed by atoms with E-state index in [0.29, 0.717) is 66.7 Å². The van der Waals surface area contributed by atoms with Crippen molar-refractivity contribution in [3.63, 3.8) is 0 Å². The molecule has 3 amide bonds. The molecule has 3 N–H and O–H groups in total. The van der Waals surface area contributed by atoms with Crippen molar-refractivity contribution in [3.05, 3.63) is 119 Å². The predicted molar refractivity (Wildman–Crippen MR) is 280 cm³/mol. The van der Waals surface area contributed by atoms with Crippen LogP contribution in [0.4, 0.5) is 16.8 Å². The normalized spacial score (nSPS) is 19.5. The number of piperidine rings is 1. The standard InChI is InChI=1S/C55H58N10O7S/c1-33-37(38-18-20-46(58-49(38)54(69)70)65-26-23-34-8-5-10-39(42(34)32-65)52(67)60-55-57-43-11-3-4-13-45(43)73-55)9-6-12-44(33)72-36-16-14-35(15-17-36)71-31-7-25-63-27-29-64(30-28-63)51-50-40(22-24-56-51)48(61-62(50)2)41-19-21-47(66)59-53(41)68/h3-6,8-13,18,20,22,24,35-36,41H,7,14-17,19,21,23,25-32H2,1-2H3,(H,69,70)(H,57,60,67)(H,59,66,68). The summed E-state index contributed by atoms with van der Waals surface area (Å²) in [5, 5.41) is 22.2. The van der Waals surface area contributed by atoms with Crippen LogP contribution in [0.1, 0.15) is 94.1 Å². The zero-order valence-corrected chi connectivity index (χ0v) is 41.8. The number of carboxylic acid groups (broad SMARTS) is 1. The average molecular weight is 1000 g/mol. The molecule has 1 unspecified atom stereocenters. The summed E-state index contributed by atoms with van der Waals surface area (Å²) < 4.78 is 15.8. The Kier molecular flexibility index (Phi) is 13.6. The molecule has 0 radical (unpaired) electrons. The van der Waals surface area contributed by atoms with Crippen LogP contribution in [-0.4, -0.2) is 117 Å². The van der Waals surface area contributed by atoms with Crippen molar-refractivity contribution in [2.24, 2.45) is 7.05 Å². The van der Waals surface area contributed by atoms with Gasteiger partial charge in [-0.05, 0) is 117 Å². The smallest absolute Gasteiger partial charge is 0.355 e. The number of piperazine rings is 1. The number of thiazole rings is 1. The number of aromatic carboxylic acids is 1. The fourth-order valence-corrected chi connectivity index (χ4v) is 11.9. The molecule has 7 heterocycles. The number of aromatic nitrogens is 5. The van der Waals surface area contributed by atoms with Gasteiger partial charge in [-0.1, -0.05) is 47.7 Å². The molecule has 3 aliphatic heterocycles. The van der Waals surface area contributed by atoms with E-state index >= 15 is 0 Å². The van der Waals surface area contributed by atoms with E-state index in [1.165, 1.54) is 11.3 Å². The maximum absolute atomic E-state index is 13.7. The first kappa shape index (κ1) is 48.0. The monoisotopic (exact) mass is 1000 g/mol. The lowest BCUT2D eigenvalue weighted by Crippen LogP contribution is -2.47. The molecule has 4 aliphatic rings. The Morgan fingerprint density at radius 1 is 0.849 bits per heavy atom. The lowest BCUT2D eigenvalue weighted by molar-refractivity contribution is -0.134. The van der Waals surface area contributed by atoms with E-state index in [4.69, 9.17) is 24.5 Å². The van der Waals surface area contributed by atoms with Crippen LogP contribution in [-0.2, 0) is 34.3 Å². The second kappa shape index (κ2) is 20.7. The van der Waals surface area contributed by atoms with Gasteiger partial charge in [-0.15, -0.1) is 0 Å². The Balaban J connectivity index is 0.657. The Labute approximate surface area is 426 Å². The van der Waals surface area contributed by atoms with E-state index in [-0.39, 0.29) is 35.6 Å². The number of imide groups is 1. The first-order valence-electron chi connectivity index (χ1n) is 25.3. The third-order valence-electron chi connectivity index (χ3n) is 14.9. The number of pyridine rings is 2. The van der Waals surface area contributed by atoms with Gasteiger partial charge in [0.25, 0.3) is 5.91 Å². The number of nitrogens with one attached hydrogen (secondary N) is 2. The summed E-state index contributed by atoms with van der Waals surface area (Å²) in [6.07, 6.45) is 7.93. The van der Waals surface area contributed by atoms with Crippen molar-refractivity contribution in [2.75, 3.05) is 61.0 Å². The van der Waals surface area contributed by atoms with E-state index in [0.717, 1.165) is 120 Å². The zero-order chi connectivity index (χ0) is 50.2. The van der Waals surface area contributed by atoms with Crippen molar-refractivity contribution < 1.29 is 33.8 Å². The molecule has 11 rings (SSSR count). The number of fused-ring (bicyclic) bond motifs is 3. The largest absolute Gasteiger partial charge is 0.490 e. The number of aryl methyl sites for hydroxylation is 1. The summed E-state index contributed by atoms with van der Waals surface area (Å²) in [6, 6.07) is 25.0. The van der Waals surface area contributed by atoms with E-state index < -0.39 is 11.9 Å². The summed E-state index contributed by atoms with van der Waals surface area (Å²) in [7, 11) is 1.89. The highest BCUT2D eigenvalue weighted by Gasteiger charge is 2.33. The number of carbonyl (C=O) groups is 4. The Hall–Kier alpha value is -7.28. The summed E-state index contributed by atoms with van der Waals surface area (Å²) in [6.45, 7) is 8.12. The van der Waals surface area contributed by atoms with Gasteiger partial charge >= 0.3 is 5.97 Å². The van der Waals surface area contributed by atoms with Gasteiger partial charge in [-0.25, -0.2) is 19.7 Å². The van der Waals surface area contributed by atoms with Gasteiger partial charge in [0.15, 0.2) is 16.6 Å². The minimum atomic E-state index is -1.12. The number of nitrogens with zero attached hydrogens (tertiary/aromatic N) is 8. The van der Waals surface area contributed by atoms with E-state index in [2.05, 4.69) is 25.4 Å². The molecular formula is C55H58N10O7S. The molecule has 4 aromatic heterocycles. The van der Waals surface area contributed by atoms with E-state index in [1.54, 1.807) is 6.20 Å². The molecule has 18 heteroatoms. The molecule has 7 aromatic rings. The maximum Gasteiger partial charge on any atom is 0.355 e. The fraction of sp³-hybridized carbons (Fsp3) is 0.382. The lowest BCUT2D eigenvalue weighted by Gasteiger charge is -2.35. The number of hydrogen-bond acceptors (Lipinski definition) is 14. The molecule has 3 aromatic carbocycles. The van der Waals surface area contributed by atoms with Gasteiger partial charge in [0.05, 0.1) is 34.0 Å². The number of rotatable bonds is 14. The molecular weight excluding hydrogens is 945 g/mol. The van der Waals surface area contributed by atoms with Crippen LogP contribution < -0.4 is 25.2 Å². The van der Waals surface area contributed by atoms with Crippen molar-refractivity contribution >= 4 is 72.9 Å². The number of ether oxygens (including phenoxy) is 2. The van der Waals surface area contributed by atoms with Gasteiger partial charge in [0.1, 0.15) is 17.1 Å². The van der Waals surface area contributed by atoms with E-state index in [1.807, 2.05) is 102 Å². The van der Waals surface area contributed by atoms with Crippen LogP contribution in [0.3, 0.4) is 0 Å². The number of carbonyl (C=O) groups excluding carboxylic acids is 3. The summed E-state index contributed by atoms with van der Waals surface area (Å²) in [5.74, 6) is -0.190. The quantitative estimate of drug-likeness (QED) is 0.0702. The van der Waals surface area contributed by atoms with Crippen LogP contribution in [0.2, 0.25) is 0 Å². The minimum absolute atomic E-state index is 0.0235. The number of para-hydroxylation sites is 1. The highest BCUT2D eigenvalue weighted by Crippen LogP contribution is 2.38. The fourth-order valence-electron chi connectivity index (χ4n) is 11.0. The summed E-state index contributed by atoms with van der Waals surface area (Å²) >= 11 is 1.43. The summed E-state index contributed by atoms with van der Waals surface area (Å²) in [5.41, 5.74) is 7.07. The van der Waals surface area contributed by atoms with Crippen LogP contribution in [0.5, 0.6) is 5.75 Å².